The first-order chi connectivity index (χ1) is 10.5. The van der Waals surface area contributed by atoms with Crippen LogP contribution >= 0.6 is 11.3 Å². The van der Waals surface area contributed by atoms with Gasteiger partial charge >= 0.3 is 0 Å². The maximum atomic E-state index is 12.1. The minimum atomic E-state index is -0.471. The summed E-state index contributed by atoms with van der Waals surface area (Å²) in [6, 6.07) is 9.42. The van der Waals surface area contributed by atoms with Gasteiger partial charge in [0.15, 0.2) is 0 Å². The van der Waals surface area contributed by atoms with E-state index in [1.54, 1.807) is 11.3 Å². The van der Waals surface area contributed by atoms with Crippen molar-refractivity contribution in [3.63, 3.8) is 0 Å². The summed E-state index contributed by atoms with van der Waals surface area (Å²) < 4.78 is 0. The Hall–Kier alpha value is -1.72. The Morgan fingerprint density at radius 1 is 1.32 bits per heavy atom. The molecule has 0 aliphatic carbocycles. The molecule has 0 aliphatic rings. The molecule has 3 unspecified atom stereocenters. The molecule has 1 aromatic carbocycles. The minimum absolute atomic E-state index is 0.113. The van der Waals surface area contributed by atoms with Gasteiger partial charge in [-0.2, -0.15) is 0 Å². The molecule has 3 N–H and O–H groups in total. The summed E-state index contributed by atoms with van der Waals surface area (Å²) in [6.07, 6.45) is 0.887. The van der Waals surface area contributed by atoms with E-state index >= 15 is 0 Å². The van der Waals surface area contributed by atoms with E-state index in [2.05, 4.69) is 10.3 Å². The van der Waals surface area contributed by atoms with Crippen LogP contribution < -0.4 is 11.1 Å². The predicted molar refractivity (Wildman–Crippen MR) is 91.5 cm³/mol. The van der Waals surface area contributed by atoms with Crippen molar-refractivity contribution >= 4 is 17.2 Å². The van der Waals surface area contributed by atoms with Crippen molar-refractivity contribution in [1.29, 1.82) is 0 Å². The fourth-order valence-corrected chi connectivity index (χ4v) is 2.95. The number of rotatable bonds is 6. The van der Waals surface area contributed by atoms with Crippen molar-refractivity contribution in [2.24, 2.45) is 11.7 Å². The molecule has 0 radical (unpaired) electrons. The zero-order valence-electron chi connectivity index (χ0n) is 13.2. The first-order valence-electron chi connectivity index (χ1n) is 7.59. The quantitative estimate of drug-likeness (QED) is 0.858. The lowest BCUT2D eigenvalue weighted by Crippen LogP contribution is -2.45. The van der Waals surface area contributed by atoms with Gasteiger partial charge in [0.2, 0.25) is 5.91 Å². The normalized spacial score (nSPS) is 15.1. The fourth-order valence-electron chi connectivity index (χ4n) is 2.11. The third-order valence-corrected chi connectivity index (χ3v) is 4.91. The highest BCUT2D eigenvalue weighted by atomic mass is 32.1. The monoisotopic (exact) mass is 317 g/mol. The van der Waals surface area contributed by atoms with Crippen molar-refractivity contribution in [2.75, 3.05) is 0 Å². The molecule has 0 fully saturated rings. The predicted octanol–water partition coefficient (Wildman–Crippen LogP) is 3.36. The Kier molecular flexibility index (Phi) is 5.69. The molecular weight excluding hydrogens is 294 g/mol. The summed E-state index contributed by atoms with van der Waals surface area (Å²) in [5.74, 6) is 0.0571. The minimum Gasteiger partial charge on any atom is -0.346 e. The van der Waals surface area contributed by atoms with Crippen molar-refractivity contribution in [3.05, 3.63) is 40.7 Å². The van der Waals surface area contributed by atoms with Gasteiger partial charge in [-0.15, -0.1) is 11.3 Å². The van der Waals surface area contributed by atoms with Crippen LogP contribution in [0, 0.1) is 5.92 Å². The SMILES string of the molecule is CCC(C)C(N)C(=O)NC(C)c1nc(-c2ccccc2)cs1. The number of carbonyl (C=O) groups excluding carboxylic acids is 1. The molecule has 0 aliphatic heterocycles. The molecule has 3 atom stereocenters. The topological polar surface area (TPSA) is 68.0 Å². The number of carbonyl (C=O) groups is 1. The van der Waals surface area contributed by atoms with Gasteiger partial charge in [-0.1, -0.05) is 50.6 Å². The number of hydrogen-bond donors (Lipinski definition) is 2. The smallest absolute Gasteiger partial charge is 0.237 e. The molecule has 2 rings (SSSR count). The molecule has 1 amide bonds. The van der Waals surface area contributed by atoms with Gasteiger partial charge in [0.25, 0.3) is 0 Å². The Bertz CT molecular complexity index is 611. The van der Waals surface area contributed by atoms with Crippen LogP contribution in [0.4, 0.5) is 0 Å². The van der Waals surface area contributed by atoms with Crippen LogP contribution in [0.2, 0.25) is 0 Å². The fraction of sp³-hybridized carbons (Fsp3) is 0.412. The standard InChI is InChI=1S/C17H23N3OS/c1-4-11(2)15(18)16(21)19-12(3)17-20-14(10-22-17)13-8-6-5-7-9-13/h5-12,15H,4,18H2,1-3H3,(H,19,21). The number of amides is 1. The van der Waals surface area contributed by atoms with Crippen LogP contribution in [0.15, 0.2) is 35.7 Å². The zero-order chi connectivity index (χ0) is 16.1. The Balaban J connectivity index is 2.03. The second-order valence-electron chi connectivity index (χ2n) is 5.58. The summed E-state index contributed by atoms with van der Waals surface area (Å²) >= 11 is 1.55. The van der Waals surface area contributed by atoms with E-state index in [-0.39, 0.29) is 17.9 Å². The molecule has 2 aromatic rings. The molecule has 22 heavy (non-hydrogen) atoms. The maximum absolute atomic E-state index is 12.1. The lowest BCUT2D eigenvalue weighted by atomic mass is 9.99. The second kappa shape index (κ2) is 7.51. The Labute approximate surface area is 135 Å². The molecule has 0 saturated heterocycles. The molecule has 1 aromatic heterocycles. The number of aromatic nitrogens is 1. The lowest BCUT2D eigenvalue weighted by Gasteiger charge is -2.20. The van der Waals surface area contributed by atoms with E-state index in [4.69, 9.17) is 5.73 Å². The number of hydrogen-bond acceptors (Lipinski definition) is 4. The van der Waals surface area contributed by atoms with Crippen molar-refractivity contribution in [3.8, 4) is 11.3 Å². The zero-order valence-corrected chi connectivity index (χ0v) is 14.1. The van der Waals surface area contributed by atoms with Gasteiger partial charge < -0.3 is 11.1 Å². The average molecular weight is 317 g/mol. The van der Waals surface area contributed by atoms with Crippen molar-refractivity contribution in [1.82, 2.24) is 10.3 Å². The summed E-state index contributed by atoms with van der Waals surface area (Å²) in [6.45, 7) is 5.97. The van der Waals surface area contributed by atoms with E-state index in [1.165, 1.54) is 0 Å². The van der Waals surface area contributed by atoms with E-state index in [9.17, 15) is 4.79 Å². The van der Waals surface area contributed by atoms with E-state index in [0.29, 0.717) is 0 Å². The van der Waals surface area contributed by atoms with Crippen LogP contribution in [0.1, 0.15) is 38.2 Å². The summed E-state index contributed by atoms with van der Waals surface area (Å²) in [7, 11) is 0. The van der Waals surface area contributed by atoms with Gasteiger partial charge in [-0.05, 0) is 12.8 Å². The van der Waals surface area contributed by atoms with Crippen molar-refractivity contribution in [2.45, 2.75) is 39.3 Å². The number of nitrogens with zero attached hydrogens (tertiary/aromatic N) is 1. The molecule has 1 heterocycles. The molecule has 118 valence electrons. The van der Waals surface area contributed by atoms with Crippen LogP contribution in [0.5, 0.6) is 0 Å². The van der Waals surface area contributed by atoms with Crippen LogP contribution in [-0.2, 0) is 4.79 Å². The molecule has 0 bridgehead atoms. The largest absolute Gasteiger partial charge is 0.346 e. The molecular formula is C17H23N3OS. The molecule has 0 spiro atoms. The van der Waals surface area contributed by atoms with Gasteiger partial charge in [0.1, 0.15) is 5.01 Å². The molecule has 0 saturated carbocycles. The van der Waals surface area contributed by atoms with E-state index in [0.717, 1.165) is 22.7 Å². The van der Waals surface area contributed by atoms with E-state index in [1.807, 2.05) is 56.5 Å². The van der Waals surface area contributed by atoms with Gasteiger partial charge in [0, 0.05) is 10.9 Å². The third-order valence-electron chi connectivity index (χ3n) is 3.88. The summed E-state index contributed by atoms with van der Waals surface area (Å²) in [5, 5.41) is 5.87. The first kappa shape index (κ1) is 16.6. The highest BCUT2D eigenvalue weighted by molar-refractivity contribution is 7.10. The molecule has 5 heteroatoms. The molecule has 4 nitrogen and oxygen atoms in total. The number of benzene rings is 1. The Morgan fingerprint density at radius 3 is 2.64 bits per heavy atom. The summed E-state index contributed by atoms with van der Waals surface area (Å²) in [5.41, 5.74) is 7.99. The van der Waals surface area contributed by atoms with Crippen molar-refractivity contribution < 1.29 is 4.79 Å². The summed E-state index contributed by atoms with van der Waals surface area (Å²) in [4.78, 5) is 16.8. The van der Waals surface area contributed by atoms with Gasteiger partial charge in [-0.3, -0.25) is 4.79 Å². The number of nitrogens with two attached hydrogens (primary N) is 1. The highest BCUT2D eigenvalue weighted by Gasteiger charge is 2.22. The first-order valence-corrected chi connectivity index (χ1v) is 8.47. The van der Waals surface area contributed by atoms with E-state index < -0.39 is 6.04 Å². The van der Waals surface area contributed by atoms with Crippen LogP contribution in [-0.4, -0.2) is 16.9 Å². The average Bonchev–Trinajstić information content (AvgIpc) is 3.04. The Morgan fingerprint density at radius 2 is 2.00 bits per heavy atom. The lowest BCUT2D eigenvalue weighted by molar-refractivity contribution is -0.124. The highest BCUT2D eigenvalue weighted by Crippen LogP contribution is 2.25. The third kappa shape index (κ3) is 3.93. The van der Waals surface area contributed by atoms with Gasteiger partial charge in [-0.25, -0.2) is 4.98 Å². The van der Waals surface area contributed by atoms with Gasteiger partial charge in [0.05, 0.1) is 17.8 Å². The number of thiazole rings is 1. The second-order valence-corrected chi connectivity index (χ2v) is 6.47. The van der Waals surface area contributed by atoms with Crippen LogP contribution in [0.3, 0.4) is 0 Å². The maximum Gasteiger partial charge on any atom is 0.237 e. The van der Waals surface area contributed by atoms with Crippen LogP contribution in [0.25, 0.3) is 11.3 Å². The number of nitrogens with one attached hydrogen (secondary N) is 1.